The number of carbonyl (C=O) groups is 2. The second kappa shape index (κ2) is 7.55. The summed E-state index contributed by atoms with van der Waals surface area (Å²) in [6, 6.07) is 10.6. The molecular weight excluding hydrogens is 366 g/mol. The van der Waals surface area contributed by atoms with E-state index in [-0.39, 0.29) is 23.5 Å². The molecule has 1 aliphatic heterocycles. The van der Waals surface area contributed by atoms with E-state index >= 15 is 0 Å². The van der Waals surface area contributed by atoms with Gasteiger partial charge in [-0.15, -0.1) is 0 Å². The highest BCUT2D eigenvalue weighted by molar-refractivity contribution is 5.96. The summed E-state index contributed by atoms with van der Waals surface area (Å²) in [6.07, 6.45) is 0.741. The van der Waals surface area contributed by atoms with Crippen LogP contribution in [0.2, 0.25) is 0 Å². The van der Waals surface area contributed by atoms with Gasteiger partial charge in [0.25, 0.3) is 17.5 Å². The summed E-state index contributed by atoms with van der Waals surface area (Å²) >= 11 is 0. The van der Waals surface area contributed by atoms with Crippen LogP contribution in [0.3, 0.4) is 0 Å². The van der Waals surface area contributed by atoms with Crippen LogP contribution in [0.15, 0.2) is 42.5 Å². The van der Waals surface area contributed by atoms with E-state index in [1.54, 1.807) is 6.07 Å². The summed E-state index contributed by atoms with van der Waals surface area (Å²) in [5.74, 6) is -0.208. The van der Waals surface area contributed by atoms with Crippen LogP contribution in [0.5, 0.6) is 11.5 Å². The lowest BCUT2D eigenvalue weighted by Gasteiger charge is -2.18. The molecule has 0 spiro atoms. The number of para-hydroxylation sites is 1. The Morgan fingerprint density at radius 1 is 1.21 bits per heavy atom. The Labute approximate surface area is 160 Å². The van der Waals surface area contributed by atoms with Gasteiger partial charge in [-0.2, -0.15) is 0 Å². The molecule has 0 bridgehead atoms. The highest BCUT2D eigenvalue weighted by Gasteiger charge is 2.32. The number of nitrogens with zero attached hydrogens (tertiary/aromatic N) is 1. The number of rotatable bonds is 5. The lowest BCUT2D eigenvalue weighted by molar-refractivity contribution is -0.384. The Hall–Kier alpha value is -3.62. The zero-order chi connectivity index (χ0) is 20.3. The van der Waals surface area contributed by atoms with Crippen LogP contribution in [0.4, 0.5) is 5.69 Å². The fourth-order valence-electron chi connectivity index (χ4n) is 2.84. The molecule has 0 atom stereocenters. The highest BCUT2D eigenvalue weighted by Crippen LogP contribution is 2.41. The third kappa shape index (κ3) is 4.37. The van der Waals surface area contributed by atoms with Crippen molar-refractivity contribution < 1.29 is 24.0 Å². The molecular formula is C19H19N3O6. The molecule has 9 nitrogen and oxygen atoms in total. The first kappa shape index (κ1) is 19.2. The van der Waals surface area contributed by atoms with E-state index in [0.29, 0.717) is 11.5 Å². The Kier molecular flexibility index (Phi) is 5.16. The lowest BCUT2D eigenvalue weighted by atomic mass is 10.0. The van der Waals surface area contributed by atoms with Crippen LogP contribution in [-0.4, -0.2) is 28.9 Å². The minimum atomic E-state index is -0.678. The molecule has 28 heavy (non-hydrogen) atoms. The summed E-state index contributed by atoms with van der Waals surface area (Å²) in [5.41, 5.74) is 4.90. The molecule has 9 heteroatoms. The van der Waals surface area contributed by atoms with Crippen LogP contribution in [0.25, 0.3) is 0 Å². The second-order valence-electron chi connectivity index (χ2n) is 6.88. The Morgan fingerprint density at radius 2 is 1.96 bits per heavy atom. The normalized spacial score (nSPS) is 13.8. The van der Waals surface area contributed by atoms with Gasteiger partial charge in [0, 0.05) is 29.7 Å². The molecule has 0 fully saturated rings. The van der Waals surface area contributed by atoms with Gasteiger partial charge in [-0.1, -0.05) is 18.2 Å². The van der Waals surface area contributed by atoms with Gasteiger partial charge >= 0.3 is 0 Å². The molecule has 0 radical (unpaired) electrons. The van der Waals surface area contributed by atoms with Gasteiger partial charge in [0.1, 0.15) is 5.60 Å². The highest BCUT2D eigenvalue weighted by atomic mass is 16.6. The zero-order valence-electron chi connectivity index (χ0n) is 15.4. The van der Waals surface area contributed by atoms with E-state index in [2.05, 4.69) is 10.9 Å². The Morgan fingerprint density at radius 3 is 2.71 bits per heavy atom. The molecule has 0 unspecified atom stereocenters. The number of hydrogen-bond acceptors (Lipinski definition) is 6. The maximum atomic E-state index is 12.0. The van der Waals surface area contributed by atoms with Crippen molar-refractivity contribution in [1.29, 1.82) is 0 Å². The molecule has 146 valence electrons. The zero-order valence-corrected chi connectivity index (χ0v) is 15.4. The first-order valence-electron chi connectivity index (χ1n) is 8.52. The molecule has 1 heterocycles. The Bertz CT molecular complexity index is 941. The predicted octanol–water partition coefficient (Wildman–Crippen LogP) is 2.15. The molecule has 2 amide bonds. The SMILES string of the molecule is CC1(C)Cc2cccc(OCC(=O)NNC(=O)c3cccc([N+](=O)[O-])c3)c2O1. The maximum absolute atomic E-state index is 12.0. The lowest BCUT2D eigenvalue weighted by Crippen LogP contribution is -2.43. The summed E-state index contributed by atoms with van der Waals surface area (Å²) < 4.78 is 11.4. The van der Waals surface area contributed by atoms with E-state index in [4.69, 9.17) is 9.47 Å². The minimum Gasteiger partial charge on any atom is -0.483 e. The van der Waals surface area contributed by atoms with Crippen molar-refractivity contribution in [3.05, 3.63) is 63.7 Å². The first-order valence-corrected chi connectivity index (χ1v) is 8.52. The van der Waals surface area contributed by atoms with E-state index in [1.807, 2.05) is 26.0 Å². The topological polar surface area (TPSA) is 120 Å². The molecule has 0 saturated heterocycles. The number of ether oxygens (including phenoxy) is 2. The van der Waals surface area contributed by atoms with Crippen LogP contribution in [0, 0.1) is 10.1 Å². The van der Waals surface area contributed by atoms with Crippen molar-refractivity contribution in [3.63, 3.8) is 0 Å². The number of nitro benzene ring substituents is 1. The number of nitrogens with one attached hydrogen (secondary N) is 2. The van der Waals surface area contributed by atoms with E-state index < -0.39 is 16.7 Å². The van der Waals surface area contributed by atoms with Gasteiger partial charge in [-0.3, -0.25) is 30.6 Å². The molecule has 0 aliphatic carbocycles. The smallest absolute Gasteiger partial charge is 0.276 e. The molecule has 0 aromatic heterocycles. The predicted molar refractivity (Wildman–Crippen MR) is 99.1 cm³/mol. The van der Waals surface area contributed by atoms with Crippen molar-refractivity contribution in [3.8, 4) is 11.5 Å². The molecule has 2 aromatic carbocycles. The summed E-state index contributed by atoms with van der Waals surface area (Å²) in [4.78, 5) is 34.1. The molecule has 2 aromatic rings. The van der Waals surface area contributed by atoms with Gasteiger partial charge in [-0.25, -0.2) is 0 Å². The summed E-state index contributed by atoms with van der Waals surface area (Å²) in [5, 5.41) is 10.8. The van der Waals surface area contributed by atoms with E-state index in [0.717, 1.165) is 18.1 Å². The van der Waals surface area contributed by atoms with Crippen LogP contribution in [-0.2, 0) is 11.2 Å². The van der Waals surface area contributed by atoms with Crippen molar-refractivity contribution in [2.75, 3.05) is 6.61 Å². The van der Waals surface area contributed by atoms with Crippen LogP contribution in [0.1, 0.15) is 29.8 Å². The summed E-state index contributed by atoms with van der Waals surface area (Å²) in [7, 11) is 0. The van der Waals surface area contributed by atoms with Crippen molar-refractivity contribution in [1.82, 2.24) is 10.9 Å². The van der Waals surface area contributed by atoms with Crippen molar-refractivity contribution in [2.45, 2.75) is 25.9 Å². The monoisotopic (exact) mass is 385 g/mol. The number of hydrogen-bond donors (Lipinski definition) is 2. The second-order valence-corrected chi connectivity index (χ2v) is 6.88. The van der Waals surface area contributed by atoms with Crippen molar-refractivity contribution in [2.24, 2.45) is 0 Å². The number of benzene rings is 2. The van der Waals surface area contributed by atoms with E-state index in [1.165, 1.54) is 18.2 Å². The first-order chi connectivity index (χ1) is 13.2. The van der Waals surface area contributed by atoms with Crippen LogP contribution < -0.4 is 20.3 Å². The van der Waals surface area contributed by atoms with Crippen LogP contribution >= 0.6 is 0 Å². The molecule has 3 rings (SSSR count). The number of carbonyl (C=O) groups excluding carboxylic acids is 2. The van der Waals surface area contributed by atoms with Gasteiger partial charge in [0.2, 0.25) is 0 Å². The minimum absolute atomic E-state index is 0.0481. The third-order valence-corrected chi connectivity index (χ3v) is 4.05. The maximum Gasteiger partial charge on any atom is 0.276 e. The summed E-state index contributed by atoms with van der Waals surface area (Å²) in [6.45, 7) is 3.59. The quantitative estimate of drug-likeness (QED) is 0.601. The van der Waals surface area contributed by atoms with E-state index in [9.17, 15) is 19.7 Å². The standard InChI is InChI=1S/C19H19N3O6/c1-19(2)10-13-6-4-8-15(17(13)28-19)27-11-16(23)20-21-18(24)12-5-3-7-14(9-12)22(25)26/h3-9H,10-11H2,1-2H3,(H,20,23)(H,21,24). The average Bonchev–Trinajstić information content (AvgIpc) is 2.98. The largest absolute Gasteiger partial charge is 0.483 e. The third-order valence-electron chi connectivity index (χ3n) is 4.05. The van der Waals surface area contributed by atoms with Gasteiger partial charge in [-0.05, 0) is 26.0 Å². The fraction of sp³-hybridized carbons (Fsp3) is 0.263. The van der Waals surface area contributed by atoms with Gasteiger partial charge < -0.3 is 9.47 Å². The Balaban J connectivity index is 1.54. The average molecular weight is 385 g/mol. The number of amides is 2. The number of hydrazine groups is 1. The van der Waals surface area contributed by atoms with Crippen molar-refractivity contribution >= 4 is 17.5 Å². The number of non-ortho nitro benzene ring substituents is 1. The number of nitro groups is 1. The molecule has 2 N–H and O–H groups in total. The number of fused-ring (bicyclic) bond motifs is 1. The van der Waals surface area contributed by atoms with Gasteiger partial charge in [0.05, 0.1) is 4.92 Å². The van der Waals surface area contributed by atoms with Gasteiger partial charge in [0.15, 0.2) is 18.1 Å². The molecule has 0 saturated carbocycles. The molecule has 1 aliphatic rings. The fourth-order valence-corrected chi connectivity index (χ4v) is 2.84.